The van der Waals surface area contributed by atoms with Crippen molar-refractivity contribution in [1.29, 1.82) is 0 Å². The number of hydrogen-bond acceptors (Lipinski definition) is 5. The van der Waals surface area contributed by atoms with E-state index in [2.05, 4.69) is 0 Å². The van der Waals surface area contributed by atoms with Gasteiger partial charge in [0.1, 0.15) is 6.54 Å². The van der Waals surface area contributed by atoms with Gasteiger partial charge in [-0.1, -0.05) is 19.1 Å². The van der Waals surface area contributed by atoms with E-state index in [1.165, 1.54) is 4.57 Å². The molecule has 3 heterocycles. The van der Waals surface area contributed by atoms with Gasteiger partial charge < -0.3 is 14.1 Å². The first kappa shape index (κ1) is 17.8. The number of aromatic nitrogens is 1. The first-order chi connectivity index (χ1) is 13.0. The average molecular weight is 372 g/mol. The van der Waals surface area contributed by atoms with Crippen molar-refractivity contribution in [1.82, 2.24) is 9.47 Å². The highest BCUT2D eigenvalue weighted by Gasteiger charge is 2.61. The molecule has 0 aliphatic carbocycles. The number of oxazole rings is 1. The van der Waals surface area contributed by atoms with Gasteiger partial charge >= 0.3 is 11.7 Å². The van der Waals surface area contributed by atoms with E-state index in [1.54, 1.807) is 31.2 Å². The maximum absolute atomic E-state index is 13.1. The summed E-state index contributed by atoms with van der Waals surface area (Å²) in [6.07, 6.45) is 2.97. The topological polar surface area (TPSA) is 81.8 Å². The van der Waals surface area contributed by atoms with E-state index in [4.69, 9.17) is 9.15 Å². The summed E-state index contributed by atoms with van der Waals surface area (Å²) in [6, 6.07) is 6.93. The smallest absolute Gasteiger partial charge is 0.420 e. The first-order valence-corrected chi connectivity index (χ1v) is 9.58. The number of carbonyl (C=O) groups excluding carboxylic acids is 2. The summed E-state index contributed by atoms with van der Waals surface area (Å²) < 4.78 is 11.9. The number of benzene rings is 1. The summed E-state index contributed by atoms with van der Waals surface area (Å²) in [6.45, 7) is 4.04. The molecule has 2 aliphatic heterocycles. The minimum Gasteiger partial charge on any atom is -0.466 e. The van der Waals surface area contributed by atoms with Crippen LogP contribution in [0.1, 0.15) is 39.5 Å². The lowest BCUT2D eigenvalue weighted by Crippen LogP contribution is -2.46. The molecular formula is C20H24N2O5. The SMILES string of the molecule is CCOC(=O)[C@@]1(CC)C[C@H]2CC[C@@H]1N2C(=O)Cn1c(=O)oc2ccccc21. The zero-order valence-corrected chi connectivity index (χ0v) is 15.6. The summed E-state index contributed by atoms with van der Waals surface area (Å²) in [5.41, 5.74) is 0.446. The second kappa shape index (κ2) is 6.55. The van der Waals surface area contributed by atoms with E-state index in [1.807, 2.05) is 11.8 Å². The normalized spacial score (nSPS) is 26.7. The molecule has 2 bridgehead atoms. The van der Waals surface area contributed by atoms with Gasteiger partial charge in [-0.3, -0.25) is 14.2 Å². The Balaban J connectivity index is 1.62. The van der Waals surface area contributed by atoms with Crippen LogP contribution in [-0.4, -0.2) is 40.0 Å². The summed E-state index contributed by atoms with van der Waals surface area (Å²) in [5, 5.41) is 0. The molecule has 3 atom stereocenters. The van der Waals surface area contributed by atoms with Crippen LogP contribution in [0.15, 0.2) is 33.5 Å². The Kier molecular flexibility index (Phi) is 4.32. The van der Waals surface area contributed by atoms with E-state index in [0.29, 0.717) is 30.5 Å². The van der Waals surface area contributed by atoms with Crippen LogP contribution in [0.25, 0.3) is 11.1 Å². The highest BCUT2D eigenvalue weighted by molar-refractivity contribution is 5.84. The molecule has 7 heteroatoms. The quantitative estimate of drug-likeness (QED) is 0.753. The van der Waals surface area contributed by atoms with Crippen LogP contribution in [-0.2, 0) is 20.9 Å². The van der Waals surface area contributed by atoms with Gasteiger partial charge in [0.15, 0.2) is 5.58 Å². The lowest BCUT2D eigenvalue weighted by Gasteiger charge is -2.34. The second-order valence-corrected chi connectivity index (χ2v) is 7.40. The Morgan fingerprint density at radius 1 is 1.26 bits per heavy atom. The molecule has 1 aromatic heterocycles. The minimum absolute atomic E-state index is 0.0284. The molecule has 1 aromatic carbocycles. The number of para-hydroxylation sites is 2. The number of hydrogen-bond donors (Lipinski definition) is 0. The first-order valence-electron chi connectivity index (χ1n) is 9.58. The monoisotopic (exact) mass is 372 g/mol. The lowest BCUT2D eigenvalue weighted by atomic mass is 9.72. The molecule has 2 fully saturated rings. The number of nitrogens with zero attached hydrogens (tertiary/aromatic N) is 2. The van der Waals surface area contributed by atoms with Crippen LogP contribution in [0.5, 0.6) is 0 Å². The van der Waals surface area contributed by atoms with E-state index >= 15 is 0 Å². The van der Waals surface area contributed by atoms with Crippen LogP contribution in [0, 0.1) is 5.41 Å². The molecule has 0 radical (unpaired) electrons. The zero-order valence-electron chi connectivity index (χ0n) is 15.6. The Hall–Kier alpha value is -2.57. The maximum Gasteiger partial charge on any atom is 0.420 e. The van der Waals surface area contributed by atoms with Crippen molar-refractivity contribution >= 4 is 23.0 Å². The largest absolute Gasteiger partial charge is 0.466 e. The summed E-state index contributed by atoms with van der Waals surface area (Å²) in [5.74, 6) is -0.887. The summed E-state index contributed by atoms with van der Waals surface area (Å²) in [7, 11) is 0. The summed E-state index contributed by atoms with van der Waals surface area (Å²) >= 11 is 0. The molecule has 144 valence electrons. The van der Waals surface area contributed by atoms with Crippen LogP contribution < -0.4 is 5.76 Å². The van der Waals surface area contributed by atoms with Crippen LogP contribution in [0.3, 0.4) is 0 Å². The fourth-order valence-corrected chi connectivity index (χ4v) is 4.96. The predicted molar refractivity (Wildman–Crippen MR) is 98.1 cm³/mol. The zero-order chi connectivity index (χ0) is 19.2. The van der Waals surface area contributed by atoms with Gasteiger partial charge in [-0.05, 0) is 44.7 Å². The van der Waals surface area contributed by atoms with Gasteiger partial charge in [-0.2, -0.15) is 0 Å². The highest BCUT2D eigenvalue weighted by Crippen LogP contribution is 2.52. The molecule has 0 saturated carbocycles. The Labute approximate surface area is 156 Å². The summed E-state index contributed by atoms with van der Waals surface area (Å²) in [4.78, 5) is 39.8. The van der Waals surface area contributed by atoms with Crippen molar-refractivity contribution in [2.24, 2.45) is 5.41 Å². The van der Waals surface area contributed by atoms with Gasteiger partial charge in [-0.15, -0.1) is 0 Å². The molecule has 2 saturated heterocycles. The number of rotatable bonds is 5. The Morgan fingerprint density at radius 3 is 2.78 bits per heavy atom. The highest BCUT2D eigenvalue weighted by atomic mass is 16.5. The molecule has 0 N–H and O–H groups in total. The third-order valence-corrected chi connectivity index (χ3v) is 6.21. The molecule has 2 aliphatic rings. The van der Waals surface area contributed by atoms with Crippen molar-refractivity contribution in [3.05, 3.63) is 34.8 Å². The molecule has 1 amide bonds. The van der Waals surface area contributed by atoms with E-state index in [0.717, 1.165) is 12.8 Å². The van der Waals surface area contributed by atoms with E-state index in [9.17, 15) is 14.4 Å². The van der Waals surface area contributed by atoms with Crippen LogP contribution in [0.4, 0.5) is 0 Å². The molecular weight excluding hydrogens is 348 g/mol. The van der Waals surface area contributed by atoms with Gasteiger partial charge in [-0.25, -0.2) is 4.79 Å². The fourth-order valence-electron chi connectivity index (χ4n) is 4.96. The number of esters is 1. The standard InChI is InChI=1S/C20H24N2O5/c1-3-20(18(24)26-4-2)11-13-9-10-16(20)22(13)17(23)12-21-14-7-5-6-8-15(14)27-19(21)25/h5-8,13,16H,3-4,9-12H2,1-2H3/t13-,16+,20+/m1/s1. The fraction of sp³-hybridized carbons (Fsp3) is 0.550. The minimum atomic E-state index is -0.627. The number of fused-ring (bicyclic) bond motifs is 3. The van der Waals surface area contributed by atoms with E-state index < -0.39 is 11.2 Å². The van der Waals surface area contributed by atoms with Gasteiger partial charge in [0.05, 0.1) is 17.5 Å². The van der Waals surface area contributed by atoms with Gasteiger partial charge in [0.2, 0.25) is 5.91 Å². The third-order valence-electron chi connectivity index (χ3n) is 6.21. The molecule has 0 unspecified atom stereocenters. The van der Waals surface area contributed by atoms with Crippen molar-refractivity contribution in [2.45, 2.75) is 58.2 Å². The molecule has 2 aromatic rings. The van der Waals surface area contributed by atoms with E-state index in [-0.39, 0.29) is 30.5 Å². The average Bonchev–Trinajstić information content (AvgIpc) is 3.32. The Morgan fingerprint density at radius 2 is 2.04 bits per heavy atom. The Bertz CT molecular complexity index is 945. The molecule has 7 nitrogen and oxygen atoms in total. The molecule has 4 rings (SSSR count). The number of carbonyl (C=O) groups is 2. The molecule has 27 heavy (non-hydrogen) atoms. The van der Waals surface area contributed by atoms with Crippen LogP contribution in [0.2, 0.25) is 0 Å². The maximum atomic E-state index is 13.1. The van der Waals surface area contributed by atoms with Crippen molar-refractivity contribution in [3.8, 4) is 0 Å². The third kappa shape index (κ3) is 2.59. The lowest BCUT2D eigenvalue weighted by molar-refractivity contribution is -0.158. The molecule has 0 spiro atoms. The van der Waals surface area contributed by atoms with Crippen molar-refractivity contribution in [2.75, 3.05) is 6.61 Å². The number of ether oxygens (including phenoxy) is 1. The van der Waals surface area contributed by atoms with Crippen molar-refractivity contribution < 1.29 is 18.7 Å². The van der Waals surface area contributed by atoms with Gasteiger partial charge in [0.25, 0.3) is 0 Å². The van der Waals surface area contributed by atoms with Gasteiger partial charge in [0, 0.05) is 12.1 Å². The van der Waals surface area contributed by atoms with Crippen molar-refractivity contribution in [3.63, 3.8) is 0 Å². The predicted octanol–water partition coefficient (Wildman–Crippen LogP) is 2.32. The van der Waals surface area contributed by atoms with Crippen LogP contribution >= 0.6 is 0 Å². The number of amides is 1. The second-order valence-electron chi connectivity index (χ2n) is 7.40.